The Morgan fingerprint density at radius 1 is 1.02 bits per heavy atom. The molecule has 1 saturated carbocycles. The van der Waals surface area contributed by atoms with Crippen molar-refractivity contribution in [3.8, 4) is 0 Å². The van der Waals surface area contributed by atoms with E-state index in [9.17, 15) is 19.5 Å². The van der Waals surface area contributed by atoms with Crippen LogP contribution in [0.2, 0.25) is 0 Å². The van der Waals surface area contributed by atoms with Crippen LogP contribution in [0.25, 0.3) is 10.9 Å². The van der Waals surface area contributed by atoms with Gasteiger partial charge in [-0.15, -0.1) is 0 Å². The molecule has 11 nitrogen and oxygen atoms in total. The number of carbonyl (C=O) groups excluding carboxylic acids is 2. The lowest BCUT2D eigenvalue weighted by Crippen LogP contribution is -2.64. The van der Waals surface area contributed by atoms with Crippen molar-refractivity contribution in [1.82, 2.24) is 29.2 Å². The van der Waals surface area contributed by atoms with E-state index in [1.54, 1.807) is 21.7 Å². The van der Waals surface area contributed by atoms with Gasteiger partial charge in [0.2, 0.25) is 0 Å². The Morgan fingerprint density at radius 3 is 2.50 bits per heavy atom. The molecule has 1 aromatic carbocycles. The summed E-state index contributed by atoms with van der Waals surface area (Å²) >= 11 is 0. The van der Waals surface area contributed by atoms with Crippen LogP contribution in [-0.4, -0.2) is 90.4 Å². The summed E-state index contributed by atoms with van der Waals surface area (Å²) in [6, 6.07) is 11.2. The van der Waals surface area contributed by atoms with E-state index in [0.717, 1.165) is 31.2 Å². The van der Waals surface area contributed by atoms with Crippen molar-refractivity contribution in [2.24, 2.45) is 5.41 Å². The van der Waals surface area contributed by atoms with Gasteiger partial charge in [0.05, 0.1) is 29.1 Å². The van der Waals surface area contributed by atoms with Crippen molar-refractivity contribution in [2.45, 2.75) is 76.7 Å². The smallest absolute Gasteiger partial charge is 0.410 e. The van der Waals surface area contributed by atoms with Gasteiger partial charge in [-0.25, -0.2) is 19.6 Å². The predicted molar refractivity (Wildman–Crippen MR) is 165 cm³/mol. The van der Waals surface area contributed by atoms with Crippen LogP contribution >= 0.6 is 0 Å². The van der Waals surface area contributed by atoms with Crippen molar-refractivity contribution in [2.75, 3.05) is 32.7 Å². The molecule has 3 aromatic rings. The number of urea groups is 1. The number of rotatable bonds is 3. The normalized spacial score (nSPS) is 23.7. The Labute approximate surface area is 257 Å². The highest BCUT2D eigenvalue weighted by atomic mass is 16.6. The minimum atomic E-state index is -1.15. The monoisotopic (exact) mass is 602 g/mol. The fourth-order valence-corrected chi connectivity index (χ4v) is 7.33. The molecule has 0 bridgehead atoms. The van der Waals surface area contributed by atoms with Gasteiger partial charge in [0.1, 0.15) is 11.9 Å². The van der Waals surface area contributed by atoms with Gasteiger partial charge >= 0.3 is 12.1 Å². The molecule has 6 rings (SSSR count). The molecule has 0 radical (unpaired) electrons. The molecule has 3 fully saturated rings. The van der Waals surface area contributed by atoms with Gasteiger partial charge in [-0.3, -0.25) is 4.79 Å². The first kappa shape index (κ1) is 30.1. The van der Waals surface area contributed by atoms with E-state index < -0.39 is 16.6 Å². The SMILES string of the molecule is CC(C)(C)OC(=O)N1CCN(C(=O)N2CC[C@@](O)(Cn3ccc4ncncc4c3=O)C3(CCCC3)C2)[C@H](c2ccccc2)C1. The molecule has 3 amide bonds. The number of amides is 3. The lowest BCUT2D eigenvalue weighted by molar-refractivity contribution is -0.137. The second-order valence-electron chi connectivity index (χ2n) is 13.6. The van der Waals surface area contributed by atoms with E-state index >= 15 is 0 Å². The molecule has 2 aliphatic heterocycles. The van der Waals surface area contributed by atoms with Gasteiger partial charge in [0, 0.05) is 50.5 Å². The number of benzene rings is 1. The highest BCUT2D eigenvalue weighted by Crippen LogP contribution is 2.52. The van der Waals surface area contributed by atoms with Crippen molar-refractivity contribution in [1.29, 1.82) is 0 Å². The molecule has 1 N–H and O–H groups in total. The Hall–Kier alpha value is -3.99. The molecular formula is C33H42N6O5. The fourth-order valence-electron chi connectivity index (χ4n) is 7.33. The first-order chi connectivity index (χ1) is 21.0. The van der Waals surface area contributed by atoms with E-state index in [1.165, 1.54) is 12.5 Å². The highest BCUT2D eigenvalue weighted by molar-refractivity contribution is 5.77. The number of aliphatic hydroxyl groups is 1. The maximum atomic E-state index is 14.3. The van der Waals surface area contributed by atoms with Gasteiger partial charge in [-0.1, -0.05) is 43.2 Å². The first-order valence-corrected chi connectivity index (χ1v) is 15.6. The van der Waals surface area contributed by atoms with Crippen molar-refractivity contribution in [3.05, 3.63) is 71.0 Å². The summed E-state index contributed by atoms with van der Waals surface area (Å²) in [6.07, 6.45) is 8.11. The van der Waals surface area contributed by atoms with Crippen LogP contribution in [0, 0.1) is 5.41 Å². The Balaban J connectivity index is 1.24. The minimum Gasteiger partial charge on any atom is -0.444 e. The van der Waals surface area contributed by atoms with E-state index in [4.69, 9.17) is 4.74 Å². The maximum Gasteiger partial charge on any atom is 0.410 e. The number of piperidine rings is 1. The molecular weight excluding hydrogens is 560 g/mol. The van der Waals surface area contributed by atoms with Crippen molar-refractivity contribution >= 4 is 23.0 Å². The van der Waals surface area contributed by atoms with Crippen LogP contribution in [0.5, 0.6) is 0 Å². The van der Waals surface area contributed by atoms with Crippen LogP contribution < -0.4 is 5.56 Å². The Morgan fingerprint density at radius 2 is 1.77 bits per heavy atom. The second kappa shape index (κ2) is 11.5. The maximum absolute atomic E-state index is 14.3. The Kier molecular flexibility index (Phi) is 7.85. The van der Waals surface area contributed by atoms with Crippen molar-refractivity contribution < 1.29 is 19.4 Å². The molecule has 234 valence electrons. The standard InChI is InChI=1S/C33H42N6O5/c1-31(2,3)44-30(42)36-17-18-39(27(20-36)24-9-5-4-6-10-24)29(41)38-16-14-33(43,32(21-38)12-7-8-13-32)22-37-15-11-26-25(28(37)40)19-34-23-35-26/h4-6,9-11,15,19,23,27,43H,7-8,12-14,16-18,20-22H2,1-3H3/t27-,33+/m0/s1. The number of piperazine rings is 1. The lowest BCUT2D eigenvalue weighted by Gasteiger charge is -2.53. The lowest BCUT2D eigenvalue weighted by atomic mass is 9.66. The van der Waals surface area contributed by atoms with Crippen LogP contribution in [0.4, 0.5) is 9.59 Å². The van der Waals surface area contributed by atoms with Crippen LogP contribution in [0.15, 0.2) is 59.9 Å². The summed E-state index contributed by atoms with van der Waals surface area (Å²) < 4.78 is 7.23. The summed E-state index contributed by atoms with van der Waals surface area (Å²) in [6.45, 7) is 7.57. The van der Waals surface area contributed by atoms with Crippen LogP contribution in [0.3, 0.4) is 0 Å². The molecule has 3 aliphatic rings. The third kappa shape index (κ3) is 5.65. The molecule has 2 atom stereocenters. The predicted octanol–water partition coefficient (Wildman–Crippen LogP) is 4.20. The van der Waals surface area contributed by atoms with Gasteiger partial charge in [-0.05, 0) is 51.7 Å². The van der Waals surface area contributed by atoms with E-state index in [1.807, 2.05) is 60.9 Å². The van der Waals surface area contributed by atoms with Crippen LogP contribution in [0.1, 0.15) is 64.5 Å². The number of likely N-dealkylation sites (tertiary alicyclic amines) is 1. The minimum absolute atomic E-state index is 0.0870. The van der Waals surface area contributed by atoms with Crippen LogP contribution in [-0.2, 0) is 11.3 Å². The topological polar surface area (TPSA) is 121 Å². The highest BCUT2D eigenvalue weighted by Gasteiger charge is 2.56. The fraction of sp³-hybridized carbons (Fsp3) is 0.545. The summed E-state index contributed by atoms with van der Waals surface area (Å²) in [5.41, 5.74) is -0.984. The number of fused-ring (bicyclic) bond motifs is 1. The number of carbonyl (C=O) groups is 2. The van der Waals surface area contributed by atoms with Crippen molar-refractivity contribution in [3.63, 3.8) is 0 Å². The number of aromatic nitrogens is 3. The summed E-state index contributed by atoms with van der Waals surface area (Å²) in [5.74, 6) is 0. The largest absolute Gasteiger partial charge is 0.444 e. The zero-order valence-corrected chi connectivity index (χ0v) is 25.8. The zero-order chi connectivity index (χ0) is 31.1. The molecule has 2 saturated heterocycles. The quantitative estimate of drug-likeness (QED) is 0.477. The Bertz CT molecular complexity index is 1580. The third-order valence-corrected chi connectivity index (χ3v) is 9.65. The number of pyridine rings is 1. The average Bonchev–Trinajstić information content (AvgIpc) is 3.49. The molecule has 0 unspecified atom stereocenters. The number of hydrogen-bond donors (Lipinski definition) is 1. The average molecular weight is 603 g/mol. The van der Waals surface area contributed by atoms with Gasteiger partial charge < -0.3 is 29.1 Å². The number of hydrogen-bond acceptors (Lipinski definition) is 7. The third-order valence-electron chi connectivity index (χ3n) is 9.65. The number of ether oxygens (including phenoxy) is 1. The number of nitrogens with zero attached hydrogens (tertiary/aromatic N) is 6. The summed E-state index contributed by atoms with van der Waals surface area (Å²) in [5, 5.41) is 12.7. The molecule has 4 heterocycles. The zero-order valence-electron chi connectivity index (χ0n) is 25.8. The molecule has 44 heavy (non-hydrogen) atoms. The first-order valence-electron chi connectivity index (χ1n) is 15.6. The molecule has 1 spiro atoms. The molecule has 2 aromatic heterocycles. The molecule has 1 aliphatic carbocycles. The summed E-state index contributed by atoms with van der Waals surface area (Å²) in [7, 11) is 0. The summed E-state index contributed by atoms with van der Waals surface area (Å²) in [4.78, 5) is 54.3. The van der Waals surface area contributed by atoms with Gasteiger partial charge in [0.25, 0.3) is 5.56 Å². The van der Waals surface area contributed by atoms with Gasteiger partial charge in [0.15, 0.2) is 0 Å². The molecule has 11 heteroatoms. The van der Waals surface area contributed by atoms with E-state index in [0.29, 0.717) is 50.0 Å². The van der Waals surface area contributed by atoms with E-state index in [-0.39, 0.29) is 30.3 Å². The van der Waals surface area contributed by atoms with E-state index in [2.05, 4.69) is 9.97 Å². The van der Waals surface area contributed by atoms with Gasteiger partial charge in [-0.2, -0.15) is 0 Å². The second-order valence-corrected chi connectivity index (χ2v) is 13.6.